The highest BCUT2D eigenvalue weighted by Crippen LogP contribution is 2.10. The molecule has 0 spiro atoms. The van der Waals surface area contributed by atoms with Crippen LogP contribution in [0, 0.1) is 11.3 Å². The highest BCUT2D eigenvalue weighted by Gasteiger charge is 2.03. The maximum absolute atomic E-state index is 11.6. The third-order valence-electron chi connectivity index (χ3n) is 2.53. The lowest BCUT2D eigenvalue weighted by Crippen LogP contribution is -2.29. The Morgan fingerprint density at radius 2 is 2.11 bits per heavy atom. The highest BCUT2D eigenvalue weighted by atomic mass is 16.2. The number of hydrogen-bond donors (Lipinski definition) is 2. The van der Waals surface area contributed by atoms with Crippen LogP contribution < -0.4 is 10.6 Å². The van der Waals surface area contributed by atoms with E-state index in [2.05, 4.69) is 16.7 Å². The third kappa shape index (κ3) is 5.68. The van der Waals surface area contributed by atoms with Crippen LogP contribution in [0.5, 0.6) is 0 Å². The quantitative estimate of drug-likeness (QED) is 0.608. The van der Waals surface area contributed by atoms with Gasteiger partial charge in [0.2, 0.25) is 0 Å². The molecule has 0 bridgehead atoms. The summed E-state index contributed by atoms with van der Waals surface area (Å²) in [6.07, 6.45) is 2.05. The number of rotatable bonds is 6. The molecule has 0 fully saturated rings. The van der Waals surface area contributed by atoms with E-state index in [4.69, 9.17) is 5.26 Å². The van der Waals surface area contributed by atoms with Crippen molar-refractivity contribution in [3.05, 3.63) is 29.8 Å². The molecule has 0 saturated heterocycles. The molecule has 0 aliphatic rings. The summed E-state index contributed by atoms with van der Waals surface area (Å²) in [5.74, 6) is -0.0411. The van der Waals surface area contributed by atoms with Gasteiger partial charge in [-0.2, -0.15) is 5.26 Å². The molecule has 0 aliphatic heterocycles. The molecule has 5 heteroatoms. The molecule has 0 heterocycles. The molecule has 0 saturated carbocycles. The zero-order valence-corrected chi connectivity index (χ0v) is 10.9. The van der Waals surface area contributed by atoms with Gasteiger partial charge in [-0.25, -0.2) is 4.79 Å². The van der Waals surface area contributed by atoms with Crippen LogP contribution in [-0.2, 0) is 0 Å². The van der Waals surface area contributed by atoms with Gasteiger partial charge in [0.1, 0.15) is 0 Å². The first-order valence-electron chi connectivity index (χ1n) is 6.16. The number of carbonyl (C=O) groups excluding carboxylic acids is 2. The molecule has 0 unspecified atom stereocenters. The molecule has 100 valence electrons. The Hall–Kier alpha value is -2.35. The molecule has 0 radical (unpaired) electrons. The molecule has 5 nitrogen and oxygen atoms in total. The highest BCUT2D eigenvalue weighted by molar-refractivity contribution is 5.96. The van der Waals surface area contributed by atoms with Crippen LogP contribution in [0.1, 0.15) is 36.5 Å². The zero-order chi connectivity index (χ0) is 14.1. The molecule has 0 aromatic heterocycles. The van der Waals surface area contributed by atoms with Crippen LogP contribution in [0.2, 0.25) is 0 Å². The van der Waals surface area contributed by atoms with Gasteiger partial charge in [-0.1, -0.05) is 12.1 Å². The van der Waals surface area contributed by atoms with Crippen LogP contribution >= 0.6 is 0 Å². The van der Waals surface area contributed by atoms with E-state index in [-0.39, 0.29) is 11.8 Å². The van der Waals surface area contributed by atoms with Crippen LogP contribution in [-0.4, -0.2) is 18.4 Å². The number of carbonyl (C=O) groups is 2. The molecule has 1 rings (SSSR count). The number of nitriles is 1. The monoisotopic (exact) mass is 259 g/mol. The van der Waals surface area contributed by atoms with Crippen molar-refractivity contribution in [3.8, 4) is 6.07 Å². The van der Waals surface area contributed by atoms with E-state index in [9.17, 15) is 9.59 Å². The lowest BCUT2D eigenvalue weighted by Gasteiger charge is -2.07. The average molecular weight is 259 g/mol. The molecule has 0 atom stereocenters. The minimum Gasteiger partial charge on any atom is -0.338 e. The van der Waals surface area contributed by atoms with Crippen molar-refractivity contribution in [2.45, 2.75) is 26.2 Å². The van der Waals surface area contributed by atoms with Crippen LogP contribution in [0.15, 0.2) is 24.3 Å². The number of anilines is 1. The summed E-state index contributed by atoms with van der Waals surface area (Å²) in [6, 6.07) is 8.53. The van der Waals surface area contributed by atoms with Gasteiger partial charge < -0.3 is 10.6 Å². The first-order chi connectivity index (χ1) is 9.13. The van der Waals surface area contributed by atoms with E-state index in [1.54, 1.807) is 24.3 Å². The van der Waals surface area contributed by atoms with E-state index in [1.165, 1.54) is 6.92 Å². The lowest BCUT2D eigenvalue weighted by atomic mass is 10.1. The fourth-order valence-electron chi connectivity index (χ4n) is 1.52. The van der Waals surface area contributed by atoms with Crippen molar-refractivity contribution in [1.82, 2.24) is 5.32 Å². The Bertz CT molecular complexity index is 492. The lowest BCUT2D eigenvalue weighted by molar-refractivity contribution is 0.101. The number of nitrogens with zero attached hydrogens (tertiary/aromatic N) is 1. The Morgan fingerprint density at radius 1 is 1.32 bits per heavy atom. The first kappa shape index (κ1) is 14.7. The predicted octanol–water partition coefficient (Wildman–Crippen LogP) is 2.70. The van der Waals surface area contributed by atoms with Gasteiger partial charge in [0.15, 0.2) is 5.78 Å². The Labute approximate surface area is 112 Å². The Kier molecular flexibility index (Phi) is 6.10. The number of unbranched alkanes of at least 4 members (excludes halogenated alkanes) is 2. The molecule has 0 aliphatic carbocycles. The normalized spacial score (nSPS) is 9.47. The largest absolute Gasteiger partial charge is 0.338 e. The van der Waals surface area contributed by atoms with Crippen molar-refractivity contribution < 1.29 is 9.59 Å². The zero-order valence-electron chi connectivity index (χ0n) is 10.9. The topological polar surface area (TPSA) is 82.0 Å². The van der Waals surface area contributed by atoms with Gasteiger partial charge in [-0.05, 0) is 31.9 Å². The maximum atomic E-state index is 11.6. The number of hydrogen-bond acceptors (Lipinski definition) is 3. The predicted molar refractivity (Wildman–Crippen MR) is 72.9 cm³/mol. The van der Waals surface area contributed by atoms with Gasteiger partial charge in [-0.3, -0.25) is 4.79 Å². The van der Waals surface area contributed by atoms with Gasteiger partial charge in [0.05, 0.1) is 6.07 Å². The number of Topliss-reactive ketones (excluding diaryl/α,β-unsaturated/α-hetero) is 1. The Balaban J connectivity index is 2.38. The van der Waals surface area contributed by atoms with Gasteiger partial charge in [0, 0.05) is 24.2 Å². The third-order valence-corrected chi connectivity index (χ3v) is 2.53. The second-order valence-electron chi connectivity index (χ2n) is 4.13. The minimum absolute atomic E-state index is 0.0411. The van der Waals surface area contributed by atoms with Gasteiger partial charge >= 0.3 is 6.03 Å². The molecule has 2 N–H and O–H groups in total. The van der Waals surface area contributed by atoms with Crippen molar-refractivity contribution in [3.63, 3.8) is 0 Å². The van der Waals surface area contributed by atoms with Crippen LogP contribution in [0.4, 0.5) is 10.5 Å². The summed E-state index contributed by atoms with van der Waals surface area (Å²) in [5, 5.41) is 13.7. The van der Waals surface area contributed by atoms with E-state index in [0.717, 1.165) is 12.8 Å². The molecule has 2 amide bonds. The van der Waals surface area contributed by atoms with Gasteiger partial charge in [0.25, 0.3) is 0 Å². The SMILES string of the molecule is CC(=O)c1cccc(NC(=O)NCCCCC#N)c1. The van der Waals surface area contributed by atoms with Crippen molar-refractivity contribution in [1.29, 1.82) is 5.26 Å². The summed E-state index contributed by atoms with van der Waals surface area (Å²) >= 11 is 0. The van der Waals surface area contributed by atoms with Gasteiger partial charge in [-0.15, -0.1) is 0 Å². The standard InChI is InChI=1S/C14H17N3O2/c1-11(18)12-6-5-7-13(10-12)17-14(19)16-9-4-2-3-8-15/h5-7,10H,2-4,9H2,1H3,(H2,16,17,19). The smallest absolute Gasteiger partial charge is 0.319 e. The van der Waals surface area contributed by atoms with E-state index < -0.39 is 0 Å². The van der Waals surface area contributed by atoms with Crippen molar-refractivity contribution in [2.24, 2.45) is 0 Å². The van der Waals surface area contributed by atoms with E-state index in [0.29, 0.717) is 24.2 Å². The summed E-state index contributed by atoms with van der Waals surface area (Å²) in [6.45, 7) is 2.01. The summed E-state index contributed by atoms with van der Waals surface area (Å²) in [7, 11) is 0. The number of nitrogens with one attached hydrogen (secondary N) is 2. The Morgan fingerprint density at radius 3 is 2.79 bits per heavy atom. The fraction of sp³-hybridized carbons (Fsp3) is 0.357. The fourth-order valence-corrected chi connectivity index (χ4v) is 1.52. The van der Waals surface area contributed by atoms with Crippen LogP contribution in [0.3, 0.4) is 0 Å². The van der Waals surface area contributed by atoms with E-state index >= 15 is 0 Å². The van der Waals surface area contributed by atoms with Crippen LogP contribution in [0.25, 0.3) is 0 Å². The van der Waals surface area contributed by atoms with Crippen molar-refractivity contribution >= 4 is 17.5 Å². The number of benzene rings is 1. The molecule has 1 aromatic rings. The number of amides is 2. The second-order valence-corrected chi connectivity index (χ2v) is 4.13. The molecule has 1 aromatic carbocycles. The first-order valence-corrected chi connectivity index (χ1v) is 6.16. The van der Waals surface area contributed by atoms with Crippen molar-refractivity contribution in [2.75, 3.05) is 11.9 Å². The summed E-state index contributed by atoms with van der Waals surface area (Å²) < 4.78 is 0. The average Bonchev–Trinajstić information content (AvgIpc) is 2.38. The molecule has 19 heavy (non-hydrogen) atoms. The number of urea groups is 1. The maximum Gasteiger partial charge on any atom is 0.319 e. The number of ketones is 1. The van der Waals surface area contributed by atoms with E-state index in [1.807, 2.05) is 0 Å². The second kappa shape index (κ2) is 7.88. The molecular formula is C14H17N3O2. The summed E-state index contributed by atoms with van der Waals surface area (Å²) in [5.41, 5.74) is 1.15. The minimum atomic E-state index is -0.308. The molecular weight excluding hydrogens is 242 g/mol. The summed E-state index contributed by atoms with van der Waals surface area (Å²) in [4.78, 5) is 22.8.